The lowest BCUT2D eigenvalue weighted by Gasteiger charge is -2.11. The van der Waals surface area contributed by atoms with E-state index in [0.717, 1.165) is 5.56 Å². The zero-order valence-electron chi connectivity index (χ0n) is 16.8. The second-order valence-electron chi connectivity index (χ2n) is 6.52. The predicted molar refractivity (Wildman–Crippen MR) is 116 cm³/mol. The van der Waals surface area contributed by atoms with E-state index < -0.39 is 11.8 Å². The summed E-state index contributed by atoms with van der Waals surface area (Å²) in [4.78, 5) is 37.0. The molecule has 0 radical (unpaired) electrons. The van der Waals surface area contributed by atoms with E-state index in [-0.39, 0.29) is 23.2 Å². The van der Waals surface area contributed by atoms with Gasteiger partial charge in [0, 0.05) is 28.9 Å². The summed E-state index contributed by atoms with van der Waals surface area (Å²) in [6, 6.07) is 14.4. The Bertz CT molecular complexity index is 1140. The molecule has 160 valence electrons. The van der Waals surface area contributed by atoms with Crippen LogP contribution in [0.15, 0.2) is 65.6 Å². The Morgan fingerprint density at radius 2 is 1.45 bits per heavy atom. The highest BCUT2D eigenvalue weighted by Crippen LogP contribution is 2.22. The fourth-order valence-corrected chi connectivity index (χ4v) is 2.90. The van der Waals surface area contributed by atoms with Gasteiger partial charge in [-0.2, -0.15) is 0 Å². The number of aromatic nitrogens is 1. The molecular formula is C22H20ClN3O5. The zero-order valence-corrected chi connectivity index (χ0v) is 17.6. The molecule has 31 heavy (non-hydrogen) atoms. The summed E-state index contributed by atoms with van der Waals surface area (Å²) in [6.45, 7) is 0.271. The minimum Gasteiger partial charge on any atom is -0.497 e. The first-order chi connectivity index (χ1) is 14.9. The minimum absolute atomic E-state index is 0.206. The number of hydrazine groups is 1. The SMILES string of the molecule is COc1cc(OC)cc(C(=O)NNC(=O)c2ccc(=O)n(Cc3ccc(Cl)cc3)c2)c1. The second-order valence-corrected chi connectivity index (χ2v) is 6.96. The van der Waals surface area contributed by atoms with Crippen LogP contribution in [-0.2, 0) is 6.54 Å². The summed E-state index contributed by atoms with van der Waals surface area (Å²) in [5, 5.41) is 0.591. The van der Waals surface area contributed by atoms with Crippen LogP contribution in [0.2, 0.25) is 5.02 Å². The maximum atomic E-state index is 12.5. The molecule has 3 aromatic rings. The third-order valence-electron chi connectivity index (χ3n) is 4.42. The first-order valence-corrected chi connectivity index (χ1v) is 9.56. The molecule has 0 unspecified atom stereocenters. The maximum absolute atomic E-state index is 12.5. The number of carbonyl (C=O) groups is 2. The molecule has 8 nitrogen and oxygen atoms in total. The Morgan fingerprint density at radius 3 is 2.03 bits per heavy atom. The summed E-state index contributed by atoms with van der Waals surface area (Å²) in [6.07, 6.45) is 1.42. The molecule has 2 N–H and O–H groups in total. The summed E-state index contributed by atoms with van der Waals surface area (Å²) in [5.41, 5.74) is 5.71. The maximum Gasteiger partial charge on any atom is 0.271 e. The number of hydrogen-bond acceptors (Lipinski definition) is 5. The zero-order chi connectivity index (χ0) is 22.4. The molecule has 0 bridgehead atoms. The van der Waals surface area contributed by atoms with Crippen molar-refractivity contribution >= 4 is 23.4 Å². The third kappa shape index (κ3) is 5.64. The highest BCUT2D eigenvalue weighted by atomic mass is 35.5. The number of methoxy groups -OCH3 is 2. The van der Waals surface area contributed by atoms with Gasteiger partial charge in [-0.15, -0.1) is 0 Å². The lowest BCUT2D eigenvalue weighted by atomic mass is 10.2. The normalized spacial score (nSPS) is 10.3. The molecule has 2 amide bonds. The van der Waals surface area contributed by atoms with Crippen LogP contribution in [0.1, 0.15) is 26.3 Å². The summed E-state index contributed by atoms with van der Waals surface area (Å²) >= 11 is 5.88. The average Bonchev–Trinajstić information content (AvgIpc) is 2.79. The van der Waals surface area contributed by atoms with E-state index in [1.54, 1.807) is 30.3 Å². The van der Waals surface area contributed by atoms with Crippen molar-refractivity contribution in [2.45, 2.75) is 6.54 Å². The summed E-state index contributed by atoms with van der Waals surface area (Å²) in [5.74, 6) is -0.261. The topological polar surface area (TPSA) is 98.7 Å². The fraction of sp³-hybridized carbons (Fsp3) is 0.136. The summed E-state index contributed by atoms with van der Waals surface area (Å²) in [7, 11) is 2.94. The molecule has 0 aliphatic rings. The second kappa shape index (κ2) is 9.82. The molecule has 1 heterocycles. The van der Waals surface area contributed by atoms with Crippen molar-refractivity contribution in [3.05, 3.63) is 92.9 Å². The highest BCUT2D eigenvalue weighted by molar-refractivity contribution is 6.30. The molecule has 0 saturated heterocycles. The van der Waals surface area contributed by atoms with E-state index in [9.17, 15) is 14.4 Å². The number of nitrogens with one attached hydrogen (secondary N) is 2. The van der Waals surface area contributed by atoms with Gasteiger partial charge >= 0.3 is 0 Å². The number of halogens is 1. The van der Waals surface area contributed by atoms with Crippen LogP contribution in [0.25, 0.3) is 0 Å². The minimum atomic E-state index is -0.576. The average molecular weight is 442 g/mol. The van der Waals surface area contributed by atoms with Gasteiger partial charge in [0.05, 0.1) is 26.3 Å². The van der Waals surface area contributed by atoms with Crippen LogP contribution in [0.3, 0.4) is 0 Å². The van der Waals surface area contributed by atoms with Gasteiger partial charge in [0.2, 0.25) is 0 Å². The molecule has 2 aromatic carbocycles. The molecule has 0 aliphatic heterocycles. The largest absolute Gasteiger partial charge is 0.497 e. The van der Waals surface area contributed by atoms with Crippen molar-refractivity contribution < 1.29 is 19.1 Å². The molecule has 3 rings (SSSR count). The van der Waals surface area contributed by atoms with Crippen LogP contribution in [0.5, 0.6) is 11.5 Å². The van der Waals surface area contributed by atoms with Gasteiger partial charge < -0.3 is 14.0 Å². The van der Waals surface area contributed by atoms with E-state index in [0.29, 0.717) is 16.5 Å². The van der Waals surface area contributed by atoms with E-state index in [2.05, 4.69) is 10.9 Å². The van der Waals surface area contributed by atoms with Crippen LogP contribution in [0, 0.1) is 0 Å². The third-order valence-corrected chi connectivity index (χ3v) is 4.67. The number of amides is 2. The van der Waals surface area contributed by atoms with E-state index >= 15 is 0 Å². The standard InChI is InChI=1S/C22H20ClN3O5/c1-30-18-9-16(10-19(11-18)31-2)22(29)25-24-21(28)15-5-8-20(27)26(13-15)12-14-3-6-17(23)7-4-14/h3-11,13H,12H2,1-2H3,(H,24,28)(H,25,29). The first kappa shape index (κ1) is 21.9. The van der Waals surface area contributed by atoms with Gasteiger partial charge in [0.25, 0.3) is 17.4 Å². The van der Waals surface area contributed by atoms with Gasteiger partial charge in [-0.1, -0.05) is 23.7 Å². The lowest BCUT2D eigenvalue weighted by molar-refractivity contribution is 0.0846. The molecule has 0 saturated carbocycles. The van der Waals surface area contributed by atoms with Crippen LogP contribution in [-0.4, -0.2) is 30.6 Å². The van der Waals surface area contributed by atoms with Crippen molar-refractivity contribution in [2.75, 3.05) is 14.2 Å². The van der Waals surface area contributed by atoms with Crippen LogP contribution >= 0.6 is 11.6 Å². The molecule has 0 fully saturated rings. The number of pyridine rings is 1. The van der Waals surface area contributed by atoms with Crippen molar-refractivity contribution in [1.82, 2.24) is 15.4 Å². The number of benzene rings is 2. The van der Waals surface area contributed by atoms with Gasteiger partial charge in [-0.3, -0.25) is 25.2 Å². The molecule has 0 atom stereocenters. The Hall–Kier alpha value is -3.78. The van der Waals surface area contributed by atoms with Crippen molar-refractivity contribution in [2.24, 2.45) is 0 Å². The van der Waals surface area contributed by atoms with Gasteiger partial charge in [-0.25, -0.2) is 0 Å². The quantitative estimate of drug-likeness (QED) is 0.573. The highest BCUT2D eigenvalue weighted by Gasteiger charge is 2.13. The van der Waals surface area contributed by atoms with Gasteiger partial charge in [-0.05, 0) is 35.9 Å². The van der Waals surface area contributed by atoms with Gasteiger partial charge in [0.15, 0.2) is 0 Å². The van der Waals surface area contributed by atoms with Crippen LogP contribution in [0.4, 0.5) is 0 Å². The van der Waals surface area contributed by atoms with Crippen molar-refractivity contribution in [3.8, 4) is 11.5 Å². The molecule has 9 heteroatoms. The molecule has 1 aromatic heterocycles. The van der Waals surface area contributed by atoms with Gasteiger partial charge in [0.1, 0.15) is 11.5 Å². The Balaban J connectivity index is 1.70. The Morgan fingerprint density at radius 1 is 0.871 bits per heavy atom. The number of rotatable bonds is 6. The fourth-order valence-electron chi connectivity index (χ4n) is 2.77. The molecular weight excluding hydrogens is 422 g/mol. The Kier molecular flexibility index (Phi) is 6.94. The van der Waals surface area contributed by atoms with Crippen molar-refractivity contribution in [1.29, 1.82) is 0 Å². The number of hydrogen-bond donors (Lipinski definition) is 2. The molecule has 0 spiro atoms. The van der Waals surface area contributed by atoms with E-state index in [1.165, 1.54) is 49.2 Å². The lowest BCUT2D eigenvalue weighted by Crippen LogP contribution is -2.42. The van der Waals surface area contributed by atoms with Crippen molar-refractivity contribution in [3.63, 3.8) is 0 Å². The van der Waals surface area contributed by atoms with E-state index in [4.69, 9.17) is 21.1 Å². The number of ether oxygens (including phenoxy) is 2. The smallest absolute Gasteiger partial charge is 0.271 e. The predicted octanol–water partition coefficient (Wildman–Crippen LogP) is 2.64. The number of nitrogens with zero attached hydrogens (tertiary/aromatic N) is 1. The monoisotopic (exact) mass is 441 g/mol. The summed E-state index contributed by atoms with van der Waals surface area (Å²) < 4.78 is 11.7. The van der Waals surface area contributed by atoms with E-state index in [1.807, 2.05) is 0 Å². The number of carbonyl (C=O) groups excluding carboxylic acids is 2. The Labute approximate surface area is 183 Å². The first-order valence-electron chi connectivity index (χ1n) is 9.18. The van der Waals surface area contributed by atoms with Crippen LogP contribution < -0.4 is 25.9 Å². The molecule has 0 aliphatic carbocycles.